The summed E-state index contributed by atoms with van der Waals surface area (Å²) in [6, 6.07) is 3.44. The minimum Gasteiger partial charge on any atom is -0.477 e. The summed E-state index contributed by atoms with van der Waals surface area (Å²) in [6.45, 7) is 3.68. The van der Waals surface area contributed by atoms with Crippen molar-refractivity contribution >= 4 is 5.91 Å². The van der Waals surface area contributed by atoms with Gasteiger partial charge in [0.15, 0.2) is 0 Å². The molecular formula is C13H18N2O3. The summed E-state index contributed by atoms with van der Waals surface area (Å²) in [4.78, 5) is 16.1. The van der Waals surface area contributed by atoms with Crippen LogP contribution in [0.15, 0.2) is 18.3 Å². The maximum Gasteiger partial charge on any atom is 0.256 e. The van der Waals surface area contributed by atoms with Crippen molar-refractivity contribution in [3.63, 3.8) is 0 Å². The Balaban J connectivity index is 1.94. The standard InChI is InChI=1S/C13H18N2O3/c1-2-17-13-11(6-3-7-14-13)12(16)15-9-10-5-4-8-18-10/h3,6-7,10H,2,4-5,8-9H2,1H3,(H,15,16)/t10-/m0/s1. The fraction of sp³-hybridized carbons (Fsp3) is 0.538. The number of hydrogen-bond acceptors (Lipinski definition) is 4. The Bertz CT molecular complexity index is 403. The van der Waals surface area contributed by atoms with Gasteiger partial charge in [-0.3, -0.25) is 4.79 Å². The Hall–Kier alpha value is -1.62. The lowest BCUT2D eigenvalue weighted by atomic mass is 10.2. The number of carbonyl (C=O) groups excluding carboxylic acids is 1. The Morgan fingerprint density at radius 2 is 2.56 bits per heavy atom. The van der Waals surface area contributed by atoms with E-state index < -0.39 is 0 Å². The van der Waals surface area contributed by atoms with E-state index in [4.69, 9.17) is 9.47 Å². The lowest BCUT2D eigenvalue weighted by Gasteiger charge is -2.12. The summed E-state index contributed by atoms with van der Waals surface area (Å²) >= 11 is 0. The quantitative estimate of drug-likeness (QED) is 0.858. The molecule has 5 heteroatoms. The predicted octanol–water partition coefficient (Wildman–Crippen LogP) is 1.39. The minimum atomic E-state index is -0.165. The SMILES string of the molecule is CCOc1ncccc1C(=O)NC[C@@H]1CCCO1. The van der Waals surface area contributed by atoms with Crippen LogP contribution in [0.25, 0.3) is 0 Å². The molecule has 1 aliphatic rings. The van der Waals surface area contributed by atoms with Crippen LogP contribution >= 0.6 is 0 Å². The number of nitrogens with zero attached hydrogens (tertiary/aromatic N) is 1. The number of hydrogen-bond donors (Lipinski definition) is 1. The topological polar surface area (TPSA) is 60.5 Å². The molecule has 1 aliphatic heterocycles. The molecule has 0 saturated carbocycles. The summed E-state index contributed by atoms with van der Waals surface area (Å²) in [6.07, 6.45) is 3.83. The van der Waals surface area contributed by atoms with Crippen LogP contribution in [-0.4, -0.2) is 36.8 Å². The number of pyridine rings is 1. The largest absolute Gasteiger partial charge is 0.477 e. The number of aromatic nitrogens is 1. The first-order valence-electron chi connectivity index (χ1n) is 6.29. The van der Waals surface area contributed by atoms with Gasteiger partial charge in [-0.25, -0.2) is 4.98 Å². The van der Waals surface area contributed by atoms with Crippen molar-refractivity contribution in [2.24, 2.45) is 0 Å². The third-order valence-corrected chi connectivity index (χ3v) is 2.81. The van der Waals surface area contributed by atoms with Gasteiger partial charge in [0.25, 0.3) is 5.91 Å². The molecule has 0 aliphatic carbocycles. The van der Waals surface area contributed by atoms with Crippen LogP contribution in [0.1, 0.15) is 30.1 Å². The third kappa shape index (κ3) is 3.20. The lowest BCUT2D eigenvalue weighted by molar-refractivity contribution is 0.0854. The molecule has 0 radical (unpaired) electrons. The van der Waals surface area contributed by atoms with Gasteiger partial charge in [-0.2, -0.15) is 0 Å². The van der Waals surface area contributed by atoms with Gasteiger partial charge < -0.3 is 14.8 Å². The Labute approximate surface area is 107 Å². The van der Waals surface area contributed by atoms with Crippen molar-refractivity contribution in [1.82, 2.24) is 10.3 Å². The molecule has 1 aromatic rings. The summed E-state index contributed by atoms with van der Waals surface area (Å²) < 4.78 is 10.8. The normalized spacial score (nSPS) is 18.6. The van der Waals surface area contributed by atoms with Crippen molar-refractivity contribution in [3.05, 3.63) is 23.9 Å². The number of amides is 1. The molecule has 0 unspecified atom stereocenters. The second-order valence-electron chi connectivity index (χ2n) is 4.13. The second kappa shape index (κ2) is 6.35. The van der Waals surface area contributed by atoms with E-state index in [1.54, 1.807) is 18.3 Å². The highest BCUT2D eigenvalue weighted by molar-refractivity contribution is 5.96. The molecule has 0 bridgehead atoms. The van der Waals surface area contributed by atoms with Crippen LogP contribution < -0.4 is 10.1 Å². The van der Waals surface area contributed by atoms with Crippen molar-refractivity contribution in [3.8, 4) is 5.88 Å². The van der Waals surface area contributed by atoms with E-state index >= 15 is 0 Å². The molecule has 1 aromatic heterocycles. The molecule has 2 rings (SSSR count). The zero-order valence-corrected chi connectivity index (χ0v) is 10.5. The monoisotopic (exact) mass is 250 g/mol. The van der Waals surface area contributed by atoms with Gasteiger partial charge in [-0.05, 0) is 31.9 Å². The first-order valence-corrected chi connectivity index (χ1v) is 6.29. The molecule has 1 N–H and O–H groups in total. The lowest BCUT2D eigenvalue weighted by Crippen LogP contribution is -2.32. The smallest absolute Gasteiger partial charge is 0.256 e. The van der Waals surface area contributed by atoms with Crippen LogP contribution in [0.3, 0.4) is 0 Å². The fourth-order valence-corrected chi connectivity index (χ4v) is 1.92. The highest BCUT2D eigenvalue weighted by atomic mass is 16.5. The predicted molar refractivity (Wildman–Crippen MR) is 66.7 cm³/mol. The minimum absolute atomic E-state index is 0.140. The average Bonchev–Trinajstić information content (AvgIpc) is 2.90. The number of ether oxygens (including phenoxy) is 2. The first kappa shape index (κ1) is 12.8. The number of rotatable bonds is 5. The highest BCUT2D eigenvalue weighted by Crippen LogP contribution is 2.15. The van der Waals surface area contributed by atoms with E-state index in [0.29, 0.717) is 24.6 Å². The summed E-state index contributed by atoms with van der Waals surface area (Å²) in [5.41, 5.74) is 0.470. The van der Waals surface area contributed by atoms with E-state index in [9.17, 15) is 4.79 Å². The van der Waals surface area contributed by atoms with E-state index in [0.717, 1.165) is 19.4 Å². The zero-order valence-electron chi connectivity index (χ0n) is 10.5. The molecule has 1 amide bonds. The average molecular weight is 250 g/mol. The van der Waals surface area contributed by atoms with Gasteiger partial charge in [0.05, 0.1) is 12.7 Å². The van der Waals surface area contributed by atoms with Crippen LogP contribution in [0.5, 0.6) is 5.88 Å². The summed E-state index contributed by atoms with van der Waals surface area (Å²) in [7, 11) is 0. The van der Waals surface area contributed by atoms with Crippen LogP contribution in [0.4, 0.5) is 0 Å². The summed E-state index contributed by atoms with van der Waals surface area (Å²) in [5, 5.41) is 2.86. The molecule has 0 spiro atoms. The van der Waals surface area contributed by atoms with Crippen molar-refractivity contribution < 1.29 is 14.3 Å². The molecule has 1 atom stereocenters. The fourth-order valence-electron chi connectivity index (χ4n) is 1.92. The van der Waals surface area contributed by atoms with Gasteiger partial charge in [-0.1, -0.05) is 0 Å². The molecule has 1 saturated heterocycles. The van der Waals surface area contributed by atoms with Gasteiger partial charge in [-0.15, -0.1) is 0 Å². The molecule has 98 valence electrons. The van der Waals surface area contributed by atoms with Gasteiger partial charge in [0.2, 0.25) is 5.88 Å². The highest BCUT2D eigenvalue weighted by Gasteiger charge is 2.18. The molecule has 18 heavy (non-hydrogen) atoms. The van der Waals surface area contributed by atoms with E-state index in [1.165, 1.54) is 0 Å². The van der Waals surface area contributed by atoms with Crippen LogP contribution in [-0.2, 0) is 4.74 Å². The summed E-state index contributed by atoms with van der Waals surface area (Å²) in [5.74, 6) is 0.215. The maximum atomic E-state index is 12.0. The van der Waals surface area contributed by atoms with Gasteiger partial charge >= 0.3 is 0 Å². The van der Waals surface area contributed by atoms with E-state index in [-0.39, 0.29) is 12.0 Å². The van der Waals surface area contributed by atoms with Crippen molar-refractivity contribution in [2.75, 3.05) is 19.8 Å². The van der Waals surface area contributed by atoms with Crippen molar-refractivity contribution in [2.45, 2.75) is 25.9 Å². The van der Waals surface area contributed by atoms with Crippen LogP contribution in [0.2, 0.25) is 0 Å². The van der Waals surface area contributed by atoms with Crippen molar-refractivity contribution in [1.29, 1.82) is 0 Å². The Morgan fingerprint density at radius 3 is 3.28 bits per heavy atom. The second-order valence-corrected chi connectivity index (χ2v) is 4.13. The number of nitrogens with one attached hydrogen (secondary N) is 1. The van der Waals surface area contributed by atoms with E-state index in [1.807, 2.05) is 6.92 Å². The molecule has 5 nitrogen and oxygen atoms in total. The number of carbonyl (C=O) groups is 1. The molecule has 0 aromatic carbocycles. The van der Waals surface area contributed by atoms with E-state index in [2.05, 4.69) is 10.3 Å². The van der Waals surface area contributed by atoms with Gasteiger partial charge in [0, 0.05) is 19.3 Å². The third-order valence-electron chi connectivity index (χ3n) is 2.81. The Kier molecular flexibility index (Phi) is 4.52. The molecule has 2 heterocycles. The molecule has 1 fully saturated rings. The zero-order chi connectivity index (χ0) is 12.8. The first-order chi connectivity index (χ1) is 8.81. The van der Waals surface area contributed by atoms with Crippen LogP contribution in [0, 0.1) is 0 Å². The van der Waals surface area contributed by atoms with Gasteiger partial charge in [0.1, 0.15) is 5.56 Å². The maximum absolute atomic E-state index is 12.0. The Morgan fingerprint density at radius 1 is 1.67 bits per heavy atom. The molecular weight excluding hydrogens is 232 g/mol.